The molecule has 0 saturated heterocycles. The van der Waals surface area contributed by atoms with Gasteiger partial charge in [-0.2, -0.15) is 0 Å². The fourth-order valence-electron chi connectivity index (χ4n) is 2.32. The maximum Gasteiger partial charge on any atom is 0.275 e. The van der Waals surface area contributed by atoms with Crippen LogP contribution in [0, 0.1) is 10.1 Å². The van der Waals surface area contributed by atoms with Crippen molar-refractivity contribution in [1.29, 1.82) is 0 Å². The molecular weight excluding hydrogens is 264 g/mol. The zero-order valence-corrected chi connectivity index (χ0v) is 11.4. The van der Waals surface area contributed by atoms with Gasteiger partial charge in [-0.3, -0.25) is 10.1 Å². The van der Waals surface area contributed by atoms with Crippen LogP contribution in [0.4, 0.5) is 5.69 Å². The van der Waals surface area contributed by atoms with E-state index in [1.165, 1.54) is 30.9 Å². The first-order valence-electron chi connectivity index (χ1n) is 6.49. The second kappa shape index (κ2) is 6.68. The minimum Gasteiger partial charge on any atom is -0.312 e. The van der Waals surface area contributed by atoms with E-state index in [0.717, 1.165) is 13.0 Å². The van der Waals surface area contributed by atoms with Crippen molar-refractivity contribution in [3.63, 3.8) is 0 Å². The molecule has 1 aliphatic carbocycles. The van der Waals surface area contributed by atoms with Crippen LogP contribution in [0.15, 0.2) is 29.8 Å². The van der Waals surface area contributed by atoms with E-state index in [-0.39, 0.29) is 10.6 Å². The fourth-order valence-corrected chi connectivity index (χ4v) is 2.56. The van der Waals surface area contributed by atoms with E-state index in [4.69, 9.17) is 11.6 Å². The Bertz CT molecular complexity index is 500. The molecule has 0 heterocycles. The summed E-state index contributed by atoms with van der Waals surface area (Å²) in [6.45, 7) is 1.26. The monoisotopic (exact) mass is 280 g/mol. The van der Waals surface area contributed by atoms with Crippen molar-refractivity contribution in [3.8, 4) is 0 Å². The highest BCUT2D eigenvalue weighted by atomic mass is 35.5. The summed E-state index contributed by atoms with van der Waals surface area (Å²) < 4.78 is 0. The Hall–Kier alpha value is -1.39. The van der Waals surface area contributed by atoms with Gasteiger partial charge >= 0.3 is 0 Å². The Morgan fingerprint density at radius 2 is 2.26 bits per heavy atom. The van der Waals surface area contributed by atoms with E-state index in [2.05, 4.69) is 11.4 Å². The van der Waals surface area contributed by atoms with Gasteiger partial charge in [0, 0.05) is 12.6 Å². The highest BCUT2D eigenvalue weighted by molar-refractivity contribution is 6.31. The Balaban J connectivity index is 1.90. The summed E-state index contributed by atoms with van der Waals surface area (Å²) >= 11 is 6.02. The molecule has 2 rings (SSSR count). The molecule has 0 unspecified atom stereocenters. The number of rotatable bonds is 6. The third kappa shape index (κ3) is 3.78. The smallest absolute Gasteiger partial charge is 0.275 e. The summed E-state index contributed by atoms with van der Waals surface area (Å²) in [5, 5.41) is 14.6. The quantitative estimate of drug-likeness (QED) is 0.373. The van der Waals surface area contributed by atoms with Crippen LogP contribution in [-0.2, 0) is 6.54 Å². The third-order valence-electron chi connectivity index (χ3n) is 3.35. The van der Waals surface area contributed by atoms with Crippen LogP contribution in [0.5, 0.6) is 0 Å². The van der Waals surface area contributed by atoms with Gasteiger partial charge < -0.3 is 5.32 Å². The molecular formula is C14H17ClN2O2. The van der Waals surface area contributed by atoms with Gasteiger partial charge in [-0.05, 0) is 38.3 Å². The molecule has 4 nitrogen and oxygen atoms in total. The van der Waals surface area contributed by atoms with E-state index in [1.54, 1.807) is 12.1 Å². The van der Waals surface area contributed by atoms with Crippen LogP contribution in [0.2, 0.25) is 5.02 Å². The molecule has 0 spiro atoms. The lowest BCUT2D eigenvalue weighted by molar-refractivity contribution is -0.385. The molecule has 0 aromatic heterocycles. The molecule has 0 bridgehead atoms. The predicted octanol–water partition coefficient (Wildman–Crippen LogP) is 3.84. The molecule has 0 atom stereocenters. The van der Waals surface area contributed by atoms with E-state index in [9.17, 15) is 10.1 Å². The number of nitro benzene ring substituents is 1. The number of halogens is 1. The molecule has 0 amide bonds. The Labute approximate surface area is 117 Å². The van der Waals surface area contributed by atoms with Gasteiger partial charge in [0.05, 0.1) is 15.5 Å². The van der Waals surface area contributed by atoms with Gasteiger partial charge in [-0.25, -0.2) is 0 Å². The number of nitrogens with zero attached hydrogens (tertiary/aromatic N) is 1. The van der Waals surface area contributed by atoms with Crippen molar-refractivity contribution in [3.05, 3.63) is 50.5 Å². The number of nitro groups is 1. The maximum absolute atomic E-state index is 10.9. The standard InChI is InChI=1S/C14H17ClN2O2/c15-13-6-3-7-14(17(18)19)12(13)10-16-9-8-11-4-1-2-5-11/h3-4,6-7,16H,1-2,5,8-10H2. The highest BCUT2D eigenvalue weighted by Gasteiger charge is 2.15. The van der Waals surface area contributed by atoms with Crippen molar-refractivity contribution in [2.75, 3.05) is 6.54 Å². The van der Waals surface area contributed by atoms with Crippen LogP contribution in [0.3, 0.4) is 0 Å². The molecule has 19 heavy (non-hydrogen) atoms. The van der Waals surface area contributed by atoms with Crippen LogP contribution >= 0.6 is 11.6 Å². The van der Waals surface area contributed by atoms with Gasteiger partial charge in [0.25, 0.3) is 5.69 Å². The van der Waals surface area contributed by atoms with Gasteiger partial charge in [-0.1, -0.05) is 29.3 Å². The van der Waals surface area contributed by atoms with Crippen LogP contribution < -0.4 is 5.32 Å². The van der Waals surface area contributed by atoms with E-state index in [0.29, 0.717) is 17.1 Å². The molecule has 0 fully saturated rings. The molecule has 5 heteroatoms. The zero-order chi connectivity index (χ0) is 13.7. The third-order valence-corrected chi connectivity index (χ3v) is 3.70. The maximum atomic E-state index is 10.9. The average Bonchev–Trinajstić information content (AvgIpc) is 2.88. The summed E-state index contributed by atoms with van der Waals surface area (Å²) in [6.07, 6.45) is 6.93. The van der Waals surface area contributed by atoms with Crippen molar-refractivity contribution in [2.24, 2.45) is 0 Å². The lowest BCUT2D eigenvalue weighted by Crippen LogP contribution is -2.16. The first-order chi connectivity index (χ1) is 9.18. The first-order valence-corrected chi connectivity index (χ1v) is 6.86. The minimum absolute atomic E-state index is 0.0834. The summed E-state index contributed by atoms with van der Waals surface area (Å²) in [4.78, 5) is 10.5. The second-order valence-electron chi connectivity index (χ2n) is 4.68. The van der Waals surface area contributed by atoms with E-state index in [1.807, 2.05) is 0 Å². The predicted molar refractivity (Wildman–Crippen MR) is 76.4 cm³/mol. The lowest BCUT2D eigenvalue weighted by atomic mass is 10.1. The first kappa shape index (κ1) is 14.0. The van der Waals surface area contributed by atoms with Crippen molar-refractivity contribution in [2.45, 2.75) is 32.2 Å². The number of allylic oxidation sites excluding steroid dienone is 1. The Morgan fingerprint density at radius 1 is 1.42 bits per heavy atom. The zero-order valence-electron chi connectivity index (χ0n) is 10.7. The number of hydrogen-bond donors (Lipinski definition) is 1. The SMILES string of the molecule is O=[N+]([O-])c1cccc(Cl)c1CNCCC1=CCCC1. The largest absolute Gasteiger partial charge is 0.312 e. The average molecular weight is 281 g/mol. The Kier molecular flexibility index (Phi) is 4.93. The lowest BCUT2D eigenvalue weighted by Gasteiger charge is -2.08. The summed E-state index contributed by atoms with van der Waals surface area (Å²) in [6, 6.07) is 4.78. The number of benzene rings is 1. The van der Waals surface area contributed by atoms with Gasteiger partial charge in [0.15, 0.2) is 0 Å². The normalized spacial score (nSPS) is 14.5. The van der Waals surface area contributed by atoms with Crippen molar-refractivity contribution < 1.29 is 4.92 Å². The topological polar surface area (TPSA) is 55.2 Å². The Morgan fingerprint density at radius 3 is 2.95 bits per heavy atom. The van der Waals surface area contributed by atoms with Crippen LogP contribution in [0.1, 0.15) is 31.2 Å². The molecule has 1 aliphatic rings. The summed E-state index contributed by atoms with van der Waals surface area (Å²) in [5.41, 5.74) is 2.14. The van der Waals surface area contributed by atoms with E-state index >= 15 is 0 Å². The van der Waals surface area contributed by atoms with Crippen LogP contribution in [-0.4, -0.2) is 11.5 Å². The second-order valence-corrected chi connectivity index (χ2v) is 5.08. The molecule has 0 radical (unpaired) electrons. The molecule has 1 N–H and O–H groups in total. The summed E-state index contributed by atoms with van der Waals surface area (Å²) in [5.74, 6) is 0. The van der Waals surface area contributed by atoms with E-state index < -0.39 is 0 Å². The number of hydrogen-bond acceptors (Lipinski definition) is 3. The van der Waals surface area contributed by atoms with Crippen molar-refractivity contribution in [1.82, 2.24) is 5.32 Å². The minimum atomic E-state index is -0.387. The molecule has 0 saturated carbocycles. The molecule has 102 valence electrons. The summed E-state index contributed by atoms with van der Waals surface area (Å²) in [7, 11) is 0. The number of nitrogens with one attached hydrogen (secondary N) is 1. The molecule has 1 aromatic rings. The van der Waals surface area contributed by atoms with Gasteiger partial charge in [-0.15, -0.1) is 0 Å². The highest BCUT2D eigenvalue weighted by Crippen LogP contribution is 2.26. The molecule has 1 aromatic carbocycles. The van der Waals surface area contributed by atoms with Crippen LogP contribution in [0.25, 0.3) is 0 Å². The van der Waals surface area contributed by atoms with Gasteiger partial charge in [0.1, 0.15) is 0 Å². The van der Waals surface area contributed by atoms with Crippen molar-refractivity contribution >= 4 is 17.3 Å². The van der Waals surface area contributed by atoms with Gasteiger partial charge in [0.2, 0.25) is 0 Å². The fraction of sp³-hybridized carbons (Fsp3) is 0.429. The molecule has 0 aliphatic heterocycles.